The van der Waals surface area contributed by atoms with Crippen LogP contribution in [-0.2, 0) is 9.59 Å². The Balaban J connectivity index is 0.000000231. The Labute approximate surface area is 134 Å². The predicted molar refractivity (Wildman–Crippen MR) is 89.4 cm³/mol. The summed E-state index contributed by atoms with van der Waals surface area (Å²) in [5, 5.41) is 16.7. The molecular weight excluding hydrogens is 294 g/mol. The third-order valence-corrected chi connectivity index (χ3v) is 2.59. The van der Waals surface area contributed by atoms with Crippen LogP contribution in [0, 0.1) is 0 Å². The van der Waals surface area contributed by atoms with Crippen molar-refractivity contribution in [3.63, 3.8) is 0 Å². The van der Waals surface area contributed by atoms with E-state index in [2.05, 4.69) is 0 Å². The van der Waals surface area contributed by atoms with Gasteiger partial charge in [-0.1, -0.05) is 60.7 Å². The van der Waals surface area contributed by atoms with Crippen molar-refractivity contribution in [1.29, 1.82) is 0 Å². The fourth-order valence-corrected chi connectivity index (χ4v) is 1.52. The molecule has 2 aromatic rings. The van der Waals surface area contributed by atoms with Crippen LogP contribution in [0.15, 0.2) is 72.4 Å². The molecule has 0 heterocycles. The van der Waals surface area contributed by atoms with Gasteiger partial charge in [0.25, 0.3) is 0 Å². The number of rotatable bonds is 4. The lowest BCUT2D eigenvalue weighted by atomic mass is 10.2. The summed E-state index contributed by atoms with van der Waals surface area (Å²) in [6, 6.07) is 18.4. The molecule has 0 aliphatic heterocycles. The highest BCUT2D eigenvalue weighted by molar-refractivity contribution is 5.90. The number of aliphatic carboxylic acids is 2. The standard InChI is InChI=1S/C9H9NO2.C9H8O2/c10-8(9(11)12)6-7-4-2-1-3-5-7;10-9(11)7-6-8-4-2-1-3-5-8/h1-6H,10H2,(H,11,12);1-7H,(H,10,11). The summed E-state index contributed by atoms with van der Waals surface area (Å²) < 4.78 is 0. The molecule has 0 spiro atoms. The predicted octanol–water partition coefficient (Wildman–Crippen LogP) is 2.86. The van der Waals surface area contributed by atoms with Crippen molar-refractivity contribution in [2.75, 3.05) is 0 Å². The van der Waals surface area contributed by atoms with Gasteiger partial charge in [-0.2, -0.15) is 0 Å². The van der Waals surface area contributed by atoms with Crippen LogP contribution < -0.4 is 5.73 Å². The van der Waals surface area contributed by atoms with Crippen molar-refractivity contribution in [2.45, 2.75) is 0 Å². The minimum absolute atomic E-state index is 0.152. The highest BCUT2D eigenvalue weighted by Gasteiger charge is 1.99. The molecule has 0 unspecified atom stereocenters. The average molecular weight is 311 g/mol. The number of hydrogen-bond donors (Lipinski definition) is 3. The van der Waals surface area contributed by atoms with Gasteiger partial charge >= 0.3 is 11.9 Å². The Hall–Kier alpha value is -3.34. The van der Waals surface area contributed by atoms with Crippen LogP contribution in [-0.4, -0.2) is 22.2 Å². The molecule has 0 aliphatic carbocycles. The van der Waals surface area contributed by atoms with Crippen LogP contribution in [0.5, 0.6) is 0 Å². The van der Waals surface area contributed by atoms with Crippen molar-refractivity contribution in [1.82, 2.24) is 0 Å². The first-order chi connectivity index (χ1) is 11.0. The number of hydrogen-bond acceptors (Lipinski definition) is 3. The van der Waals surface area contributed by atoms with E-state index in [9.17, 15) is 9.59 Å². The van der Waals surface area contributed by atoms with Crippen LogP contribution in [0.2, 0.25) is 0 Å². The lowest BCUT2D eigenvalue weighted by molar-refractivity contribution is -0.133. The van der Waals surface area contributed by atoms with Gasteiger partial charge in [0.2, 0.25) is 0 Å². The Kier molecular flexibility index (Phi) is 7.37. The van der Waals surface area contributed by atoms with Crippen molar-refractivity contribution in [3.05, 3.63) is 83.6 Å². The molecule has 0 aromatic heterocycles. The van der Waals surface area contributed by atoms with E-state index < -0.39 is 11.9 Å². The fraction of sp³-hybridized carbons (Fsp3) is 0. The maximum absolute atomic E-state index is 10.3. The van der Waals surface area contributed by atoms with Crippen LogP contribution in [0.25, 0.3) is 12.2 Å². The Bertz CT molecular complexity index is 691. The first-order valence-electron chi connectivity index (χ1n) is 6.70. The molecular formula is C18H17NO4. The van der Waals surface area contributed by atoms with Gasteiger partial charge in [-0.05, 0) is 23.3 Å². The maximum atomic E-state index is 10.3. The van der Waals surface area contributed by atoms with E-state index in [1.165, 1.54) is 6.08 Å². The Morgan fingerprint density at radius 3 is 1.74 bits per heavy atom. The molecule has 0 fully saturated rings. The van der Waals surface area contributed by atoms with E-state index in [0.29, 0.717) is 0 Å². The molecule has 23 heavy (non-hydrogen) atoms. The summed E-state index contributed by atoms with van der Waals surface area (Å²) in [5.41, 5.74) is 6.75. The van der Waals surface area contributed by atoms with Crippen molar-refractivity contribution in [3.8, 4) is 0 Å². The topological polar surface area (TPSA) is 101 Å². The first kappa shape index (κ1) is 17.7. The van der Waals surface area contributed by atoms with E-state index in [1.54, 1.807) is 18.2 Å². The molecule has 5 heteroatoms. The average Bonchev–Trinajstić information content (AvgIpc) is 2.55. The number of carbonyl (C=O) groups is 2. The fourth-order valence-electron chi connectivity index (χ4n) is 1.52. The van der Waals surface area contributed by atoms with E-state index in [4.69, 9.17) is 15.9 Å². The molecule has 0 saturated carbocycles. The number of nitrogens with two attached hydrogens (primary N) is 1. The Morgan fingerprint density at radius 1 is 0.826 bits per heavy atom. The van der Waals surface area contributed by atoms with Gasteiger partial charge in [0, 0.05) is 6.08 Å². The summed E-state index contributed by atoms with van der Waals surface area (Å²) >= 11 is 0. The molecule has 5 nitrogen and oxygen atoms in total. The smallest absolute Gasteiger partial charge is 0.351 e. The minimum Gasteiger partial charge on any atom is -0.478 e. The number of benzene rings is 2. The van der Waals surface area contributed by atoms with E-state index in [0.717, 1.165) is 17.2 Å². The van der Waals surface area contributed by atoms with Gasteiger partial charge in [0.15, 0.2) is 0 Å². The lowest BCUT2D eigenvalue weighted by Gasteiger charge is -1.93. The van der Waals surface area contributed by atoms with Crippen molar-refractivity contribution < 1.29 is 19.8 Å². The quantitative estimate of drug-likeness (QED) is 0.754. The van der Waals surface area contributed by atoms with Gasteiger partial charge in [0.05, 0.1) is 0 Å². The third kappa shape index (κ3) is 7.87. The molecule has 0 atom stereocenters. The summed E-state index contributed by atoms with van der Waals surface area (Å²) in [4.78, 5) is 20.4. The Morgan fingerprint density at radius 2 is 1.30 bits per heavy atom. The van der Waals surface area contributed by atoms with Crippen molar-refractivity contribution in [2.24, 2.45) is 5.73 Å². The van der Waals surface area contributed by atoms with E-state index in [1.807, 2.05) is 48.5 Å². The molecule has 118 valence electrons. The highest BCUT2D eigenvalue weighted by Crippen LogP contribution is 2.02. The summed E-state index contributed by atoms with van der Waals surface area (Å²) in [6.45, 7) is 0. The van der Waals surface area contributed by atoms with Gasteiger partial charge in [-0.15, -0.1) is 0 Å². The van der Waals surface area contributed by atoms with Gasteiger partial charge < -0.3 is 15.9 Å². The van der Waals surface area contributed by atoms with E-state index in [-0.39, 0.29) is 5.70 Å². The third-order valence-electron chi connectivity index (χ3n) is 2.59. The summed E-state index contributed by atoms with van der Waals surface area (Å²) in [5.74, 6) is -2.02. The molecule has 0 saturated heterocycles. The zero-order chi connectivity index (χ0) is 17.1. The minimum atomic E-state index is -1.10. The van der Waals surface area contributed by atoms with E-state index >= 15 is 0 Å². The monoisotopic (exact) mass is 311 g/mol. The maximum Gasteiger partial charge on any atom is 0.351 e. The van der Waals surface area contributed by atoms with Crippen molar-refractivity contribution >= 4 is 24.1 Å². The largest absolute Gasteiger partial charge is 0.478 e. The number of carboxylic acid groups (broad SMARTS) is 2. The second kappa shape index (κ2) is 9.57. The van der Waals surface area contributed by atoms with Crippen LogP contribution in [0.4, 0.5) is 0 Å². The normalized spacial score (nSPS) is 10.7. The van der Waals surface area contributed by atoms with Gasteiger partial charge in [-0.25, -0.2) is 9.59 Å². The second-order valence-electron chi connectivity index (χ2n) is 4.40. The summed E-state index contributed by atoms with van der Waals surface area (Å²) in [6.07, 6.45) is 4.10. The zero-order valence-corrected chi connectivity index (χ0v) is 12.3. The zero-order valence-electron chi connectivity index (χ0n) is 12.3. The molecule has 2 rings (SSSR count). The van der Waals surface area contributed by atoms with Crippen LogP contribution in [0.1, 0.15) is 11.1 Å². The molecule has 0 amide bonds. The number of carboxylic acids is 2. The molecule has 0 radical (unpaired) electrons. The first-order valence-corrected chi connectivity index (χ1v) is 6.70. The molecule has 4 N–H and O–H groups in total. The van der Waals surface area contributed by atoms with Crippen LogP contribution >= 0.6 is 0 Å². The highest BCUT2D eigenvalue weighted by atomic mass is 16.4. The van der Waals surface area contributed by atoms with Gasteiger partial charge in [-0.3, -0.25) is 0 Å². The SMILES string of the molecule is NC(=Cc1ccccc1)C(=O)O.O=C(O)C=Cc1ccccc1. The molecule has 0 aliphatic rings. The second-order valence-corrected chi connectivity index (χ2v) is 4.40. The van der Waals surface area contributed by atoms with Gasteiger partial charge in [0.1, 0.15) is 5.70 Å². The molecule has 0 bridgehead atoms. The molecule has 2 aromatic carbocycles. The summed E-state index contributed by atoms with van der Waals surface area (Å²) in [7, 11) is 0. The van der Waals surface area contributed by atoms with Crippen LogP contribution in [0.3, 0.4) is 0 Å². The lowest BCUT2D eigenvalue weighted by Crippen LogP contribution is -2.09.